The standard InChI is InChI=1S/C10H15BrN4/c1-4-15(6-7(2)3)10-13-8(11)5-9(12)14-10/h5H,2,4,6H2,1,3H3,(H2,12,13,14). The van der Waals surface area contributed by atoms with E-state index in [0.29, 0.717) is 16.4 Å². The summed E-state index contributed by atoms with van der Waals surface area (Å²) in [5.41, 5.74) is 6.72. The minimum absolute atomic E-state index is 0.465. The molecule has 5 heteroatoms. The first-order valence-electron chi connectivity index (χ1n) is 4.72. The van der Waals surface area contributed by atoms with Gasteiger partial charge in [0, 0.05) is 19.2 Å². The van der Waals surface area contributed by atoms with Crippen LogP contribution in [0.2, 0.25) is 0 Å². The van der Waals surface area contributed by atoms with Gasteiger partial charge < -0.3 is 10.6 Å². The van der Waals surface area contributed by atoms with Crippen molar-refractivity contribution >= 4 is 27.7 Å². The quantitative estimate of drug-likeness (QED) is 0.674. The van der Waals surface area contributed by atoms with E-state index in [9.17, 15) is 0 Å². The minimum atomic E-state index is 0.465. The maximum absolute atomic E-state index is 5.65. The lowest BCUT2D eigenvalue weighted by molar-refractivity contribution is 0.832. The Balaban J connectivity index is 2.95. The third kappa shape index (κ3) is 3.51. The van der Waals surface area contributed by atoms with Crippen LogP contribution in [0, 0.1) is 0 Å². The molecule has 2 N–H and O–H groups in total. The number of hydrogen-bond acceptors (Lipinski definition) is 4. The topological polar surface area (TPSA) is 55.0 Å². The van der Waals surface area contributed by atoms with Crippen molar-refractivity contribution in [3.63, 3.8) is 0 Å². The van der Waals surface area contributed by atoms with Gasteiger partial charge in [-0.05, 0) is 29.8 Å². The molecule has 0 bridgehead atoms. The van der Waals surface area contributed by atoms with E-state index in [4.69, 9.17) is 5.73 Å². The molecule has 0 unspecified atom stereocenters. The molecule has 15 heavy (non-hydrogen) atoms. The van der Waals surface area contributed by atoms with Crippen LogP contribution in [0.15, 0.2) is 22.8 Å². The zero-order valence-corrected chi connectivity index (χ0v) is 10.6. The van der Waals surface area contributed by atoms with E-state index >= 15 is 0 Å². The highest BCUT2D eigenvalue weighted by atomic mass is 79.9. The molecule has 1 heterocycles. The zero-order valence-electron chi connectivity index (χ0n) is 9.00. The van der Waals surface area contributed by atoms with Gasteiger partial charge >= 0.3 is 0 Å². The van der Waals surface area contributed by atoms with Crippen LogP contribution in [-0.4, -0.2) is 23.1 Å². The van der Waals surface area contributed by atoms with E-state index in [-0.39, 0.29) is 0 Å². The molecule has 1 aromatic heterocycles. The average Bonchev–Trinajstić information content (AvgIpc) is 2.12. The first-order chi connectivity index (χ1) is 7.02. The molecule has 0 saturated heterocycles. The summed E-state index contributed by atoms with van der Waals surface area (Å²) in [5, 5.41) is 0. The van der Waals surface area contributed by atoms with Gasteiger partial charge in [-0.1, -0.05) is 12.2 Å². The van der Waals surface area contributed by atoms with Crippen LogP contribution in [0.1, 0.15) is 13.8 Å². The van der Waals surface area contributed by atoms with Crippen LogP contribution >= 0.6 is 15.9 Å². The summed E-state index contributed by atoms with van der Waals surface area (Å²) in [6, 6.07) is 1.68. The number of likely N-dealkylation sites (N-methyl/N-ethyl adjacent to an activating group) is 1. The normalized spacial score (nSPS) is 10.1. The molecule has 0 aliphatic rings. The summed E-state index contributed by atoms with van der Waals surface area (Å²) in [7, 11) is 0. The van der Waals surface area contributed by atoms with Gasteiger partial charge in [0.2, 0.25) is 5.95 Å². The lowest BCUT2D eigenvalue weighted by Gasteiger charge is -2.20. The van der Waals surface area contributed by atoms with E-state index in [1.165, 1.54) is 0 Å². The molecule has 0 fully saturated rings. The van der Waals surface area contributed by atoms with E-state index in [1.807, 2.05) is 18.7 Å². The van der Waals surface area contributed by atoms with E-state index in [0.717, 1.165) is 18.7 Å². The van der Waals surface area contributed by atoms with Crippen LogP contribution in [0.25, 0.3) is 0 Å². The Bertz CT molecular complexity index is 344. The van der Waals surface area contributed by atoms with E-state index in [2.05, 4.69) is 32.5 Å². The summed E-state index contributed by atoms with van der Waals surface area (Å²) < 4.78 is 0.699. The highest BCUT2D eigenvalue weighted by molar-refractivity contribution is 9.10. The Hall–Kier alpha value is -1.10. The summed E-state index contributed by atoms with van der Waals surface area (Å²) in [5.74, 6) is 1.10. The fourth-order valence-electron chi connectivity index (χ4n) is 1.21. The summed E-state index contributed by atoms with van der Waals surface area (Å²) in [6.45, 7) is 9.46. The van der Waals surface area contributed by atoms with Crippen LogP contribution in [-0.2, 0) is 0 Å². The van der Waals surface area contributed by atoms with Crippen LogP contribution < -0.4 is 10.6 Å². The summed E-state index contributed by atoms with van der Waals surface area (Å²) in [6.07, 6.45) is 0. The maximum atomic E-state index is 5.65. The Morgan fingerprint density at radius 1 is 1.60 bits per heavy atom. The van der Waals surface area contributed by atoms with Crippen molar-refractivity contribution in [1.29, 1.82) is 0 Å². The molecule has 0 aromatic carbocycles. The van der Waals surface area contributed by atoms with Crippen molar-refractivity contribution in [3.05, 3.63) is 22.8 Å². The number of hydrogen-bond donors (Lipinski definition) is 1. The number of halogens is 1. The van der Waals surface area contributed by atoms with Gasteiger partial charge in [0.15, 0.2) is 0 Å². The monoisotopic (exact) mass is 270 g/mol. The molecule has 0 aliphatic heterocycles. The predicted molar refractivity (Wildman–Crippen MR) is 66.8 cm³/mol. The first kappa shape index (κ1) is 12.0. The van der Waals surface area contributed by atoms with Crippen molar-refractivity contribution in [1.82, 2.24) is 9.97 Å². The van der Waals surface area contributed by atoms with Gasteiger partial charge in [-0.25, -0.2) is 4.98 Å². The number of nitrogen functional groups attached to an aromatic ring is 1. The second kappa shape index (κ2) is 5.11. The first-order valence-corrected chi connectivity index (χ1v) is 5.51. The largest absolute Gasteiger partial charge is 0.383 e. The third-order valence-corrected chi connectivity index (χ3v) is 2.23. The average molecular weight is 271 g/mol. The molecule has 1 rings (SSSR count). The van der Waals surface area contributed by atoms with Gasteiger partial charge in [0.25, 0.3) is 0 Å². The molecule has 0 spiro atoms. The van der Waals surface area contributed by atoms with Gasteiger partial charge in [-0.3, -0.25) is 0 Å². The smallest absolute Gasteiger partial charge is 0.228 e. The molecule has 0 aliphatic carbocycles. The molecule has 82 valence electrons. The maximum Gasteiger partial charge on any atom is 0.228 e. The second-order valence-electron chi connectivity index (χ2n) is 3.39. The number of nitrogens with zero attached hydrogens (tertiary/aromatic N) is 3. The van der Waals surface area contributed by atoms with Crippen molar-refractivity contribution < 1.29 is 0 Å². The van der Waals surface area contributed by atoms with Crippen molar-refractivity contribution in [3.8, 4) is 0 Å². The lowest BCUT2D eigenvalue weighted by atomic mass is 10.3. The van der Waals surface area contributed by atoms with Gasteiger partial charge in [-0.15, -0.1) is 0 Å². The van der Waals surface area contributed by atoms with Crippen LogP contribution in [0.3, 0.4) is 0 Å². The van der Waals surface area contributed by atoms with Crippen molar-refractivity contribution in [2.45, 2.75) is 13.8 Å². The fraction of sp³-hybridized carbons (Fsp3) is 0.400. The number of anilines is 2. The van der Waals surface area contributed by atoms with Crippen molar-refractivity contribution in [2.24, 2.45) is 0 Å². The van der Waals surface area contributed by atoms with Crippen LogP contribution in [0.4, 0.5) is 11.8 Å². The Labute approximate surface area is 98.3 Å². The zero-order chi connectivity index (χ0) is 11.4. The van der Waals surface area contributed by atoms with Crippen molar-refractivity contribution in [2.75, 3.05) is 23.7 Å². The van der Waals surface area contributed by atoms with Crippen LogP contribution in [0.5, 0.6) is 0 Å². The molecule has 0 radical (unpaired) electrons. The molecule has 0 amide bonds. The van der Waals surface area contributed by atoms with E-state index < -0.39 is 0 Å². The lowest BCUT2D eigenvalue weighted by Crippen LogP contribution is -2.26. The highest BCUT2D eigenvalue weighted by Gasteiger charge is 2.09. The molecule has 0 atom stereocenters. The summed E-state index contributed by atoms with van der Waals surface area (Å²) in [4.78, 5) is 10.5. The van der Waals surface area contributed by atoms with Gasteiger partial charge in [0.1, 0.15) is 10.4 Å². The van der Waals surface area contributed by atoms with Gasteiger partial charge in [-0.2, -0.15) is 4.98 Å². The fourth-order valence-corrected chi connectivity index (χ4v) is 1.61. The molecule has 4 nitrogen and oxygen atoms in total. The Morgan fingerprint density at radius 2 is 2.27 bits per heavy atom. The Morgan fingerprint density at radius 3 is 2.73 bits per heavy atom. The number of aromatic nitrogens is 2. The minimum Gasteiger partial charge on any atom is -0.383 e. The van der Waals surface area contributed by atoms with Gasteiger partial charge in [0.05, 0.1) is 0 Å². The second-order valence-corrected chi connectivity index (χ2v) is 4.20. The third-order valence-electron chi connectivity index (χ3n) is 1.83. The highest BCUT2D eigenvalue weighted by Crippen LogP contribution is 2.16. The number of nitrogens with two attached hydrogens (primary N) is 1. The predicted octanol–water partition coefficient (Wildman–Crippen LogP) is 2.22. The molecular weight excluding hydrogens is 256 g/mol. The number of rotatable bonds is 4. The Kier molecular flexibility index (Phi) is 4.08. The molecule has 0 saturated carbocycles. The molecular formula is C10H15BrN4. The molecule has 1 aromatic rings. The SMILES string of the molecule is C=C(C)CN(CC)c1nc(N)cc(Br)n1. The van der Waals surface area contributed by atoms with E-state index in [1.54, 1.807) is 6.07 Å². The summed E-state index contributed by atoms with van der Waals surface area (Å²) >= 11 is 3.30.